The minimum absolute atomic E-state index is 0.729. The number of aromatic nitrogens is 1. The first-order valence-corrected chi connectivity index (χ1v) is 6.60. The van der Waals surface area contributed by atoms with E-state index in [9.17, 15) is 4.79 Å². The molecule has 0 bridgehead atoms. The Kier molecular flexibility index (Phi) is 4.81. The molecule has 19 heavy (non-hydrogen) atoms. The van der Waals surface area contributed by atoms with Crippen LogP contribution in [0.2, 0.25) is 0 Å². The molecule has 0 atom stereocenters. The highest BCUT2D eigenvalue weighted by Crippen LogP contribution is 2.20. The summed E-state index contributed by atoms with van der Waals surface area (Å²) in [7, 11) is 0. The molecule has 2 nitrogen and oxygen atoms in total. The Morgan fingerprint density at radius 2 is 1.58 bits per heavy atom. The Hall–Kier alpha value is -2.00. The third-order valence-corrected chi connectivity index (χ3v) is 3.19. The van der Waals surface area contributed by atoms with Gasteiger partial charge in [0.1, 0.15) is 10.9 Å². The van der Waals surface area contributed by atoms with E-state index in [-0.39, 0.29) is 0 Å². The maximum atomic E-state index is 10.0. The fourth-order valence-corrected chi connectivity index (χ4v) is 2.09. The summed E-state index contributed by atoms with van der Waals surface area (Å²) in [5, 5.41) is 2.38. The van der Waals surface area contributed by atoms with Gasteiger partial charge in [-0.2, -0.15) is 0 Å². The summed E-state index contributed by atoms with van der Waals surface area (Å²) in [5.74, 6) is 0. The highest BCUT2D eigenvalue weighted by atomic mass is 79.9. The average Bonchev–Trinajstić information content (AvgIpc) is 2.49. The normalized spacial score (nSPS) is 9.53. The number of carbonyl (C=O) groups excluding carboxylic acids is 1. The van der Waals surface area contributed by atoms with Gasteiger partial charge in [0.2, 0.25) is 0 Å². The van der Waals surface area contributed by atoms with Gasteiger partial charge in [0, 0.05) is 17.1 Å². The molecule has 0 spiro atoms. The fraction of sp³-hybridized carbons (Fsp3) is 0. The predicted molar refractivity (Wildman–Crippen MR) is 81.3 cm³/mol. The largest absolute Gasteiger partial charge is 0.298 e. The lowest BCUT2D eigenvalue weighted by atomic mass is 10.2. The van der Waals surface area contributed by atoms with Gasteiger partial charge in [-0.1, -0.05) is 54.6 Å². The topological polar surface area (TPSA) is 30.0 Å². The lowest BCUT2D eigenvalue weighted by Gasteiger charge is -1.96. The zero-order valence-electron chi connectivity index (χ0n) is 10.2. The third-order valence-electron chi connectivity index (χ3n) is 2.56. The van der Waals surface area contributed by atoms with Crippen LogP contribution in [-0.4, -0.2) is 11.3 Å². The highest BCUT2D eigenvalue weighted by Gasteiger charge is 1.95. The van der Waals surface area contributed by atoms with Gasteiger partial charge >= 0.3 is 0 Å². The standard InChI is InChI=1S/C9H6BrN.C7H6O/c10-9-8-4-2-1-3-7(8)5-6-11-9;8-6-7-4-2-1-3-5-7/h1-6H;1-6H. The molecule has 0 aliphatic rings. The average molecular weight is 314 g/mol. The van der Waals surface area contributed by atoms with E-state index in [4.69, 9.17) is 0 Å². The lowest BCUT2D eigenvalue weighted by molar-refractivity contribution is 0.112. The van der Waals surface area contributed by atoms with Crippen molar-refractivity contribution in [2.24, 2.45) is 0 Å². The van der Waals surface area contributed by atoms with Gasteiger partial charge < -0.3 is 0 Å². The molecule has 0 saturated carbocycles. The molecule has 0 radical (unpaired) electrons. The van der Waals surface area contributed by atoms with E-state index in [0.29, 0.717) is 0 Å². The summed E-state index contributed by atoms with van der Waals surface area (Å²) < 4.78 is 0.913. The second-order valence-electron chi connectivity index (χ2n) is 3.85. The number of rotatable bonds is 1. The number of hydrogen-bond acceptors (Lipinski definition) is 2. The number of carbonyl (C=O) groups is 1. The van der Waals surface area contributed by atoms with Crippen molar-refractivity contribution in [2.45, 2.75) is 0 Å². The number of hydrogen-bond donors (Lipinski definition) is 0. The van der Waals surface area contributed by atoms with Crippen LogP contribution in [0.3, 0.4) is 0 Å². The predicted octanol–water partition coefficient (Wildman–Crippen LogP) is 4.50. The number of benzene rings is 2. The molecule has 0 N–H and O–H groups in total. The number of fused-ring (bicyclic) bond motifs is 1. The van der Waals surface area contributed by atoms with Crippen molar-refractivity contribution in [3.05, 3.63) is 77.0 Å². The number of aldehydes is 1. The van der Waals surface area contributed by atoms with Gasteiger partial charge in [-0.15, -0.1) is 0 Å². The molecule has 2 aromatic carbocycles. The summed E-state index contributed by atoms with van der Waals surface area (Å²) in [5.41, 5.74) is 0.729. The molecule has 0 fully saturated rings. The second-order valence-corrected chi connectivity index (χ2v) is 4.60. The Bertz CT molecular complexity index is 662. The summed E-state index contributed by atoms with van der Waals surface area (Å²) in [6, 6.07) is 19.2. The minimum Gasteiger partial charge on any atom is -0.298 e. The van der Waals surface area contributed by atoms with Crippen LogP contribution >= 0.6 is 15.9 Å². The van der Waals surface area contributed by atoms with Crippen LogP contribution in [0.15, 0.2) is 71.5 Å². The molecule has 94 valence electrons. The number of pyridine rings is 1. The van der Waals surface area contributed by atoms with Crippen LogP contribution < -0.4 is 0 Å². The summed E-state index contributed by atoms with van der Waals surface area (Å²) in [4.78, 5) is 14.1. The molecule has 0 aliphatic heterocycles. The van der Waals surface area contributed by atoms with E-state index in [1.54, 1.807) is 18.3 Å². The number of halogens is 1. The lowest BCUT2D eigenvalue weighted by Crippen LogP contribution is -1.76. The summed E-state index contributed by atoms with van der Waals surface area (Å²) in [6.07, 6.45) is 2.63. The van der Waals surface area contributed by atoms with Crippen molar-refractivity contribution in [2.75, 3.05) is 0 Å². The van der Waals surface area contributed by atoms with Gasteiger partial charge in [0.25, 0.3) is 0 Å². The minimum atomic E-state index is 0.729. The highest BCUT2D eigenvalue weighted by molar-refractivity contribution is 9.10. The molecule has 3 rings (SSSR count). The van der Waals surface area contributed by atoms with E-state index >= 15 is 0 Å². The second kappa shape index (κ2) is 6.81. The van der Waals surface area contributed by atoms with Crippen molar-refractivity contribution < 1.29 is 4.79 Å². The molecule has 0 amide bonds. The molecule has 0 unspecified atom stereocenters. The van der Waals surface area contributed by atoms with E-state index in [0.717, 1.165) is 21.8 Å². The maximum Gasteiger partial charge on any atom is 0.150 e. The van der Waals surface area contributed by atoms with E-state index in [2.05, 4.69) is 27.0 Å². The van der Waals surface area contributed by atoms with Crippen LogP contribution in [-0.2, 0) is 0 Å². The quantitative estimate of drug-likeness (QED) is 0.489. The van der Waals surface area contributed by atoms with Gasteiger partial charge in [0.05, 0.1) is 0 Å². The van der Waals surface area contributed by atoms with Crippen LogP contribution in [0, 0.1) is 0 Å². The van der Waals surface area contributed by atoms with Crippen molar-refractivity contribution in [1.29, 1.82) is 0 Å². The van der Waals surface area contributed by atoms with Crippen LogP contribution in [0.1, 0.15) is 10.4 Å². The Labute approximate surface area is 120 Å². The molecule has 3 heteroatoms. The molecule has 3 aromatic rings. The molecular formula is C16H12BrNO. The van der Waals surface area contributed by atoms with E-state index in [1.165, 1.54) is 5.39 Å². The SMILES string of the molecule is Brc1nccc2ccccc12.O=Cc1ccccc1. The van der Waals surface area contributed by atoms with E-state index in [1.807, 2.05) is 42.5 Å². The molecule has 0 saturated heterocycles. The molecule has 1 heterocycles. The first-order chi connectivity index (χ1) is 9.31. The van der Waals surface area contributed by atoms with Crippen LogP contribution in [0.4, 0.5) is 0 Å². The zero-order valence-corrected chi connectivity index (χ0v) is 11.7. The summed E-state index contributed by atoms with van der Waals surface area (Å²) in [6.45, 7) is 0. The first kappa shape index (κ1) is 13.4. The van der Waals surface area contributed by atoms with Gasteiger partial charge in [0.15, 0.2) is 0 Å². The van der Waals surface area contributed by atoms with E-state index < -0.39 is 0 Å². The maximum absolute atomic E-state index is 10.0. The Morgan fingerprint density at radius 1 is 0.895 bits per heavy atom. The smallest absolute Gasteiger partial charge is 0.150 e. The van der Waals surface area contributed by atoms with Crippen molar-refractivity contribution in [3.8, 4) is 0 Å². The molecule has 0 aliphatic carbocycles. The van der Waals surface area contributed by atoms with Crippen molar-refractivity contribution in [1.82, 2.24) is 4.98 Å². The first-order valence-electron chi connectivity index (χ1n) is 5.81. The van der Waals surface area contributed by atoms with Crippen molar-refractivity contribution >= 4 is 33.0 Å². The van der Waals surface area contributed by atoms with Crippen LogP contribution in [0.5, 0.6) is 0 Å². The van der Waals surface area contributed by atoms with Crippen LogP contribution in [0.25, 0.3) is 10.8 Å². The zero-order chi connectivity index (χ0) is 13.5. The molecular weight excluding hydrogens is 302 g/mol. The number of nitrogens with zero attached hydrogens (tertiary/aromatic N) is 1. The third kappa shape index (κ3) is 3.73. The van der Waals surface area contributed by atoms with Gasteiger partial charge in [-0.3, -0.25) is 4.79 Å². The Morgan fingerprint density at radius 3 is 2.21 bits per heavy atom. The Balaban J connectivity index is 0.000000148. The monoisotopic (exact) mass is 313 g/mol. The summed E-state index contributed by atoms with van der Waals surface area (Å²) >= 11 is 3.39. The fourth-order valence-electron chi connectivity index (χ4n) is 1.61. The van der Waals surface area contributed by atoms with Crippen molar-refractivity contribution in [3.63, 3.8) is 0 Å². The molecule has 1 aromatic heterocycles. The van der Waals surface area contributed by atoms with Gasteiger partial charge in [-0.25, -0.2) is 4.98 Å². The van der Waals surface area contributed by atoms with Gasteiger partial charge in [-0.05, 0) is 27.4 Å².